The summed E-state index contributed by atoms with van der Waals surface area (Å²) in [5.41, 5.74) is 1.62. The summed E-state index contributed by atoms with van der Waals surface area (Å²) in [4.78, 5) is 2.45. The van der Waals surface area contributed by atoms with E-state index in [1.807, 2.05) is 11.7 Å². The Kier molecular flexibility index (Phi) is 5.26. The second kappa shape index (κ2) is 6.58. The average molecular weight is 344 g/mol. The van der Waals surface area contributed by atoms with Crippen LogP contribution in [0.1, 0.15) is 44.5 Å². The van der Waals surface area contributed by atoms with Crippen molar-refractivity contribution in [1.29, 1.82) is 0 Å². The highest BCUT2D eigenvalue weighted by atomic mass is 79.9. The standard InChI is InChI=1S/C15H26BrN3O/c1-4-8-19-9-6-15(20,7-10-19)11-13-14(16)12(5-2)17-18(13)3/h20H,4-11H2,1-3H3. The van der Waals surface area contributed by atoms with Crippen LogP contribution in [0.3, 0.4) is 0 Å². The van der Waals surface area contributed by atoms with Crippen molar-refractivity contribution in [2.45, 2.75) is 51.6 Å². The van der Waals surface area contributed by atoms with Gasteiger partial charge in [0.25, 0.3) is 0 Å². The predicted octanol–water partition coefficient (Wildman–Crippen LogP) is 2.52. The summed E-state index contributed by atoms with van der Waals surface area (Å²) in [7, 11) is 1.97. The molecule has 1 aliphatic heterocycles. The molecule has 0 radical (unpaired) electrons. The number of hydrogen-bond donors (Lipinski definition) is 1. The van der Waals surface area contributed by atoms with Gasteiger partial charge in [-0.3, -0.25) is 4.68 Å². The molecule has 0 amide bonds. The van der Waals surface area contributed by atoms with Crippen molar-refractivity contribution in [2.24, 2.45) is 7.05 Å². The van der Waals surface area contributed by atoms with Gasteiger partial charge >= 0.3 is 0 Å². The molecule has 2 rings (SSSR count). The molecule has 0 atom stereocenters. The van der Waals surface area contributed by atoms with Crippen LogP contribution in [-0.4, -0.2) is 45.0 Å². The van der Waals surface area contributed by atoms with Gasteiger partial charge in [-0.15, -0.1) is 0 Å². The third kappa shape index (κ3) is 3.43. The van der Waals surface area contributed by atoms with Gasteiger partial charge < -0.3 is 10.0 Å². The molecule has 0 aromatic carbocycles. The average Bonchev–Trinajstić information content (AvgIpc) is 2.69. The molecule has 4 nitrogen and oxygen atoms in total. The van der Waals surface area contributed by atoms with Crippen LogP contribution in [0.4, 0.5) is 0 Å². The summed E-state index contributed by atoms with van der Waals surface area (Å²) in [6.45, 7) is 7.46. The second-order valence-electron chi connectivity index (χ2n) is 5.93. The van der Waals surface area contributed by atoms with Crippen molar-refractivity contribution in [3.05, 3.63) is 15.9 Å². The van der Waals surface area contributed by atoms with Gasteiger partial charge in [-0.25, -0.2) is 0 Å². The normalized spacial score (nSPS) is 19.4. The zero-order chi connectivity index (χ0) is 14.8. The molecule has 1 saturated heterocycles. The van der Waals surface area contributed by atoms with Crippen molar-refractivity contribution < 1.29 is 5.11 Å². The topological polar surface area (TPSA) is 41.3 Å². The van der Waals surface area contributed by atoms with E-state index in [1.54, 1.807) is 0 Å². The Morgan fingerprint density at radius 3 is 2.45 bits per heavy atom. The Bertz CT molecular complexity index is 450. The Balaban J connectivity index is 2.05. The lowest BCUT2D eigenvalue weighted by Crippen LogP contribution is -2.46. The maximum absolute atomic E-state index is 10.9. The number of piperidine rings is 1. The van der Waals surface area contributed by atoms with E-state index < -0.39 is 5.60 Å². The molecule has 1 fully saturated rings. The fourth-order valence-electron chi connectivity index (χ4n) is 3.01. The van der Waals surface area contributed by atoms with E-state index in [0.29, 0.717) is 6.42 Å². The molecule has 0 unspecified atom stereocenters. The maximum Gasteiger partial charge on any atom is 0.0766 e. The Hall–Kier alpha value is -0.390. The highest BCUT2D eigenvalue weighted by Crippen LogP contribution is 2.30. The SMILES string of the molecule is CCCN1CCC(O)(Cc2c(Br)c(CC)nn2C)CC1. The van der Waals surface area contributed by atoms with Gasteiger partial charge in [-0.2, -0.15) is 5.10 Å². The molecule has 1 aliphatic rings. The van der Waals surface area contributed by atoms with Crippen LogP contribution in [0.2, 0.25) is 0 Å². The second-order valence-corrected chi connectivity index (χ2v) is 6.72. The zero-order valence-corrected chi connectivity index (χ0v) is 14.4. The van der Waals surface area contributed by atoms with E-state index in [2.05, 4.69) is 39.8 Å². The summed E-state index contributed by atoms with van der Waals surface area (Å²) in [5.74, 6) is 0. The van der Waals surface area contributed by atoms with Gasteiger partial charge in [0.2, 0.25) is 0 Å². The largest absolute Gasteiger partial charge is 0.389 e. The van der Waals surface area contributed by atoms with Crippen molar-refractivity contribution in [1.82, 2.24) is 14.7 Å². The van der Waals surface area contributed by atoms with E-state index in [-0.39, 0.29) is 0 Å². The molecular formula is C15H26BrN3O. The molecule has 0 saturated carbocycles. The first-order chi connectivity index (χ1) is 9.49. The first-order valence-electron chi connectivity index (χ1n) is 7.64. The van der Waals surface area contributed by atoms with E-state index in [0.717, 1.165) is 54.8 Å². The van der Waals surface area contributed by atoms with Gasteiger partial charge in [0.05, 0.1) is 21.5 Å². The Labute approximate surface area is 130 Å². The molecule has 1 aromatic heterocycles. The zero-order valence-electron chi connectivity index (χ0n) is 12.8. The summed E-state index contributed by atoms with van der Waals surface area (Å²) in [5, 5.41) is 15.4. The van der Waals surface area contributed by atoms with Crippen molar-refractivity contribution in [3.8, 4) is 0 Å². The molecule has 5 heteroatoms. The number of aromatic nitrogens is 2. The molecule has 114 valence electrons. The Morgan fingerprint density at radius 2 is 1.95 bits per heavy atom. The molecule has 1 aromatic rings. The van der Waals surface area contributed by atoms with Crippen LogP contribution >= 0.6 is 15.9 Å². The van der Waals surface area contributed by atoms with E-state index in [9.17, 15) is 5.11 Å². The van der Waals surface area contributed by atoms with E-state index >= 15 is 0 Å². The number of nitrogens with zero attached hydrogens (tertiary/aromatic N) is 3. The third-order valence-corrected chi connectivity index (χ3v) is 5.24. The fraction of sp³-hybridized carbons (Fsp3) is 0.800. The lowest BCUT2D eigenvalue weighted by Gasteiger charge is -2.38. The van der Waals surface area contributed by atoms with Crippen molar-refractivity contribution in [3.63, 3.8) is 0 Å². The smallest absolute Gasteiger partial charge is 0.0766 e. The Morgan fingerprint density at radius 1 is 1.30 bits per heavy atom. The number of aliphatic hydroxyl groups is 1. The minimum absolute atomic E-state index is 0.578. The minimum atomic E-state index is -0.578. The first-order valence-corrected chi connectivity index (χ1v) is 8.43. The fourth-order valence-corrected chi connectivity index (χ4v) is 3.77. The highest BCUT2D eigenvalue weighted by Gasteiger charge is 2.34. The van der Waals surface area contributed by atoms with Crippen LogP contribution in [-0.2, 0) is 19.9 Å². The molecule has 1 N–H and O–H groups in total. The summed E-state index contributed by atoms with van der Waals surface area (Å²) in [6.07, 6.45) is 4.50. The van der Waals surface area contributed by atoms with Crippen molar-refractivity contribution >= 4 is 15.9 Å². The molecule has 2 heterocycles. The van der Waals surface area contributed by atoms with Gasteiger partial charge in [0.15, 0.2) is 0 Å². The number of likely N-dealkylation sites (tertiary alicyclic amines) is 1. The monoisotopic (exact) mass is 343 g/mol. The number of halogens is 1. The first kappa shape index (κ1) is 16.0. The molecule has 20 heavy (non-hydrogen) atoms. The lowest BCUT2D eigenvalue weighted by molar-refractivity contribution is -0.0218. The summed E-state index contributed by atoms with van der Waals surface area (Å²) in [6, 6.07) is 0. The van der Waals surface area contributed by atoms with Crippen LogP contribution in [0.5, 0.6) is 0 Å². The van der Waals surface area contributed by atoms with Gasteiger partial charge in [-0.1, -0.05) is 13.8 Å². The van der Waals surface area contributed by atoms with Crippen LogP contribution in [0.25, 0.3) is 0 Å². The third-order valence-electron chi connectivity index (χ3n) is 4.33. The van der Waals surface area contributed by atoms with Gasteiger partial charge in [0, 0.05) is 26.6 Å². The lowest BCUT2D eigenvalue weighted by atomic mass is 9.87. The summed E-state index contributed by atoms with van der Waals surface area (Å²) < 4.78 is 2.99. The quantitative estimate of drug-likeness (QED) is 0.893. The number of aryl methyl sites for hydroxylation is 2. The van der Waals surface area contributed by atoms with E-state index in [4.69, 9.17) is 0 Å². The van der Waals surface area contributed by atoms with Crippen molar-refractivity contribution in [2.75, 3.05) is 19.6 Å². The van der Waals surface area contributed by atoms with Gasteiger partial charge in [-0.05, 0) is 48.2 Å². The number of rotatable bonds is 5. The van der Waals surface area contributed by atoms with Gasteiger partial charge in [0.1, 0.15) is 0 Å². The highest BCUT2D eigenvalue weighted by molar-refractivity contribution is 9.10. The maximum atomic E-state index is 10.9. The summed E-state index contributed by atoms with van der Waals surface area (Å²) >= 11 is 3.65. The van der Waals surface area contributed by atoms with E-state index in [1.165, 1.54) is 6.42 Å². The molecule has 0 aliphatic carbocycles. The number of hydrogen-bond acceptors (Lipinski definition) is 3. The van der Waals surface area contributed by atoms with Crippen LogP contribution < -0.4 is 0 Å². The predicted molar refractivity (Wildman–Crippen MR) is 84.9 cm³/mol. The minimum Gasteiger partial charge on any atom is -0.389 e. The molecule has 0 bridgehead atoms. The van der Waals surface area contributed by atoms with Crippen LogP contribution in [0, 0.1) is 0 Å². The molecule has 0 spiro atoms. The van der Waals surface area contributed by atoms with Crippen LogP contribution in [0.15, 0.2) is 4.47 Å². The molecular weight excluding hydrogens is 318 g/mol.